The summed E-state index contributed by atoms with van der Waals surface area (Å²) in [5.41, 5.74) is 0.157. The average Bonchev–Trinajstić information content (AvgIpc) is 2.48. The van der Waals surface area contributed by atoms with Gasteiger partial charge in [0.05, 0.1) is 12.6 Å². The van der Waals surface area contributed by atoms with Crippen LogP contribution in [-0.2, 0) is 9.53 Å². The summed E-state index contributed by atoms with van der Waals surface area (Å²) in [6.07, 6.45) is -0.576. The molecule has 1 aliphatic heterocycles. The highest BCUT2D eigenvalue weighted by atomic mass is 19.1. The van der Waals surface area contributed by atoms with Crippen LogP contribution in [0.5, 0.6) is 0 Å². The van der Waals surface area contributed by atoms with Crippen molar-refractivity contribution in [3.05, 3.63) is 35.4 Å². The van der Waals surface area contributed by atoms with Crippen molar-refractivity contribution in [2.24, 2.45) is 0 Å². The maximum atomic E-state index is 13.7. The molecular weight excluding hydrogens is 266 g/mol. The Morgan fingerprint density at radius 1 is 1.50 bits per heavy atom. The van der Waals surface area contributed by atoms with Crippen LogP contribution in [-0.4, -0.2) is 43.7 Å². The fraction of sp³-hybridized carbons (Fsp3) is 0.500. The van der Waals surface area contributed by atoms with Gasteiger partial charge in [-0.2, -0.15) is 0 Å². The number of likely N-dealkylation sites (N-methyl/N-ethyl adjacent to an activating group) is 1. The summed E-state index contributed by atoms with van der Waals surface area (Å²) in [5.74, 6) is -1.29. The Bertz CT molecular complexity index is 490. The van der Waals surface area contributed by atoms with Gasteiger partial charge in [0.2, 0.25) is 0 Å². The van der Waals surface area contributed by atoms with Crippen LogP contribution in [0.3, 0.4) is 0 Å². The molecule has 0 spiro atoms. The Balaban J connectivity index is 2.12. The van der Waals surface area contributed by atoms with E-state index in [9.17, 15) is 13.6 Å². The molecule has 2 rings (SSSR count). The average molecular weight is 284 g/mol. The molecule has 1 fully saturated rings. The Labute approximate surface area is 116 Å². The topological polar surface area (TPSA) is 41.6 Å². The molecule has 0 aromatic heterocycles. The van der Waals surface area contributed by atoms with Crippen LogP contribution in [0.1, 0.15) is 18.5 Å². The van der Waals surface area contributed by atoms with Gasteiger partial charge < -0.3 is 15.0 Å². The van der Waals surface area contributed by atoms with Gasteiger partial charge in [0.1, 0.15) is 17.7 Å². The first-order valence-electron chi connectivity index (χ1n) is 6.54. The van der Waals surface area contributed by atoms with Crippen LogP contribution in [0.15, 0.2) is 18.2 Å². The number of nitrogens with zero attached hydrogens (tertiary/aromatic N) is 1. The van der Waals surface area contributed by atoms with Gasteiger partial charge in [0.25, 0.3) is 5.91 Å². The van der Waals surface area contributed by atoms with E-state index in [4.69, 9.17) is 4.74 Å². The van der Waals surface area contributed by atoms with Gasteiger partial charge in [-0.15, -0.1) is 0 Å². The van der Waals surface area contributed by atoms with Gasteiger partial charge in [-0.3, -0.25) is 4.79 Å². The van der Waals surface area contributed by atoms with Crippen molar-refractivity contribution in [1.82, 2.24) is 10.2 Å². The molecule has 0 radical (unpaired) electrons. The lowest BCUT2D eigenvalue weighted by molar-refractivity contribution is -0.145. The first-order valence-corrected chi connectivity index (χ1v) is 6.54. The van der Waals surface area contributed by atoms with E-state index in [2.05, 4.69) is 5.32 Å². The van der Waals surface area contributed by atoms with Crippen LogP contribution in [0.25, 0.3) is 0 Å². The van der Waals surface area contributed by atoms with E-state index in [1.165, 1.54) is 4.90 Å². The van der Waals surface area contributed by atoms with E-state index < -0.39 is 23.8 Å². The van der Waals surface area contributed by atoms with Crippen molar-refractivity contribution >= 4 is 5.91 Å². The largest absolute Gasteiger partial charge is 0.366 e. The lowest BCUT2D eigenvalue weighted by Crippen LogP contribution is -2.48. The smallest absolute Gasteiger partial charge is 0.253 e. The Morgan fingerprint density at radius 2 is 2.25 bits per heavy atom. The molecular formula is C14H18F2N2O2. The molecule has 0 saturated carbocycles. The second-order valence-electron chi connectivity index (χ2n) is 4.85. The number of nitrogens with one attached hydrogen (secondary N) is 1. The SMILES string of the molecule is C[C@@H](c1cc(F)ccc1F)N(C)C(=O)[C@H]1CNCCO1. The summed E-state index contributed by atoms with van der Waals surface area (Å²) in [7, 11) is 1.56. The summed E-state index contributed by atoms with van der Waals surface area (Å²) < 4.78 is 32.3. The first kappa shape index (κ1) is 14.9. The molecule has 1 amide bonds. The van der Waals surface area contributed by atoms with Gasteiger partial charge in [0, 0.05) is 25.7 Å². The molecule has 1 aromatic rings. The van der Waals surface area contributed by atoms with E-state index in [0.717, 1.165) is 18.2 Å². The highest BCUT2D eigenvalue weighted by Crippen LogP contribution is 2.23. The number of rotatable bonds is 3. The summed E-state index contributed by atoms with van der Waals surface area (Å²) in [6.45, 7) is 3.27. The van der Waals surface area contributed by atoms with Crippen LogP contribution in [0.2, 0.25) is 0 Å². The molecule has 2 atom stereocenters. The molecule has 6 heteroatoms. The molecule has 1 N–H and O–H groups in total. The Kier molecular flexibility index (Phi) is 4.67. The molecule has 1 heterocycles. The maximum Gasteiger partial charge on any atom is 0.253 e. The standard InChI is InChI=1S/C14H18F2N2O2/c1-9(11-7-10(15)3-4-12(11)16)18(2)14(19)13-8-17-5-6-20-13/h3-4,7,9,13,17H,5-6,8H2,1-2H3/t9-,13+/m0/s1. The van der Waals surface area contributed by atoms with E-state index >= 15 is 0 Å². The number of amides is 1. The lowest BCUT2D eigenvalue weighted by atomic mass is 10.1. The van der Waals surface area contributed by atoms with Crippen LogP contribution >= 0.6 is 0 Å². The highest BCUT2D eigenvalue weighted by Gasteiger charge is 2.28. The fourth-order valence-corrected chi connectivity index (χ4v) is 2.19. The van der Waals surface area contributed by atoms with E-state index in [1.54, 1.807) is 14.0 Å². The quantitative estimate of drug-likeness (QED) is 0.914. The summed E-state index contributed by atoms with van der Waals surface area (Å²) >= 11 is 0. The molecule has 110 valence electrons. The summed E-state index contributed by atoms with van der Waals surface area (Å²) in [4.78, 5) is 13.6. The number of ether oxygens (including phenoxy) is 1. The molecule has 0 unspecified atom stereocenters. The molecule has 1 aliphatic rings. The van der Waals surface area contributed by atoms with Gasteiger partial charge in [0.15, 0.2) is 0 Å². The monoisotopic (exact) mass is 284 g/mol. The lowest BCUT2D eigenvalue weighted by Gasteiger charge is -2.31. The summed E-state index contributed by atoms with van der Waals surface area (Å²) in [6, 6.07) is 2.67. The fourth-order valence-electron chi connectivity index (χ4n) is 2.19. The Hall–Kier alpha value is -1.53. The zero-order chi connectivity index (χ0) is 14.7. The zero-order valence-electron chi connectivity index (χ0n) is 11.5. The van der Waals surface area contributed by atoms with E-state index in [0.29, 0.717) is 19.7 Å². The number of halogens is 2. The van der Waals surface area contributed by atoms with Gasteiger partial charge in [-0.05, 0) is 25.1 Å². The van der Waals surface area contributed by atoms with Crippen molar-refractivity contribution in [3.8, 4) is 0 Å². The molecule has 1 aromatic carbocycles. The second kappa shape index (κ2) is 6.28. The predicted octanol–water partition coefficient (Wildman–Crippen LogP) is 1.47. The molecule has 1 saturated heterocycles. The number of hydrogen-bond acceptors (Lipinski definition) is 3. The van der Waals surface area contributed by atoms with Crippen molar-refractivity contribution in [2.45, 2.75) is 19.1 Å². The first-order chi connectivity index (χ1) is 9.50. The summed E-state index contributed by atoms with van der Waals surface area (Å²) in [5, 5.41) is 3.06. The Morgan fingerprint density at radius 3 is 2.90 bits per heavy atom. The van der Waals surface area contributed by atoms with E-state index in [1.807, 2.05) is 0 Å². The third kappa shape index (κ3) is 3.13. The minimum atomic E-state index is -0.576. The van der Waals surface area contributed by atoms with Crippen LogP contribution in [0, 0.1) is 11.6 Å². The molecule has 0 bridgehead atoms. The van der Waals surface area contributed by atoms with Gasteiger partial charge >= 0.3 is 0 Å². The molecule has 20 heavy (non-hydrogen) atoms. The van der Waals surface area contributed by atoms with Crippen molar-refractivity contribution in [2.75, 3.05) is 26.7 Å². The van der Waals surface area contributed by atoms with Crippen molar-refractivity contribution in [3.63, 3.8) is 0 Å². The minimum absolute atomic E-state index is 0.157. The van der Waals surface area contributed by atoms with Crippen LogP contribution in [0.4, 0.5) is 8.78 Å². The number of benzene rings is 1. The minimum Gasteiger partial charge on any atom is -0.366 e. The molecule has 4 nitrogen and oxygen atoms in total. The molecule has 0 aliphatic carbocycles. The second-order valence-corrected chi connectivity index (χ2v) is 4.85. The third-order valence-electron chi connectivity index (χ3n) is 3.54. The van der Waals surface area contributed by atoms with E-state index in [-0.39, 0.29) is 11.5 Å². The zero-order valence-corrected chi connectivity index (χ0v) is 11.5. The number of hydrogen-bond donors (Lipinski definition) is 1. The number of morpholine rings is 1. The van der Waals surface area contributed by atoms with Crippen molar-refractivity contribution in [1.29, 1.82) is 0 Å². The predicted molar refractivity (Wildman–Crippen MR) is 70.2 cm³/mol. The highest BCUT2D eigenvalue weighted by molar-refractivity contribution is 5.81. The normalized spacial score (nSPS) is 20.5. The van der Waals surface area contributed by atoms with Gasteiger partial charge in [-0.25, -0.2) is 8.78 Å². The number of carbonyl (C=O) groups is 1. The number of carbonyl (C=O) groups excluding carboxylic acids is 1. The van der Waals surface area contributed by atoms with Crippen LogP contribution < -0.4 is 5.32 Å². The van der Waals surface area contributed by atoms with Gasteiger partial charge in [-0.1, -0.05) is 0 Å². The maximum absolute atomic E-state index is 13.7. The third-order valence-corrected chi connectivity index (χ3v) is 3.54. The van der Waals surface area contributed by atoms with Crippen molar-refractivity contribution < 1.29 is 18.3 Å².